The molecule has 3 aromatic rings. The van der Waals surface area contributed by atoms with Crippen molar-refractivity contribution in [2.24, 2.45) is 11.8 Å². The lowest BCUT2D eigenvalue weighted by Gasteiger charge is -2.32. The molecular formula is C30H35FN4O4S. The first-order valence-corrected chi connectivity index (χ1v) is 15.2. The number of carbonyl (C=O) groups excluding carboxylic acids is 1. The molecule has 212 valence electrons. The predicted octanol–water partition coefficient (Wildman–Crippen LogP) is 5.57. The summed E-state index contributed by atoms with van der Waals surface area (Å²) in [6.07, 6.45) is 6.07. The Hall–Kier alpha value is -3.50. The van der Waals surface area contributed by atoms with Crippen molar-refractivity contribution in [3.63, 3.8) is 0 Å². The van der Waals surface area contributed by atoms with Crippen LogP contribution in [0.5, 0.6) is 0 Å². The number of nitrogens with one attached hydrogen (secondary N) is 1. The van der Waals surface area contributed by atoms with Crippen molar-refractivity contribution in [1.29, 1.82) is 0 Å². The Kier molecular flexibility index (Phi) is 8.37. The van der Waals surface area contributed by atoms with Crippen LogP contribution < -0.4 is 10.2 Å². The number of aryl methyl sites for hydroxylation is 1. The van der Waals surface area contributed by atoms with Crippen LogP contribution in [0, 0.1) is 24.6 Å². The fraction of sp³-hybridized carbons (Fsp3) is 0.400. The van der Waals surface area contributed by atoms with Crippen molar-refractivity contribution >= 4 is 39.5 Å². The minimum atomic E-state index is -3.93. The average molecular weight is 567 g/mol. The Morgan fingerprint density at radius 2 is 1.68 bits per heavy atom. The van der Waals surface area contributed by atoms with Crippen LogP contribution in [-0.2, 0) is 14.8 Å². The first-order chi connectivity index (χ1) is 19.2. The van der Waals surface area contributed by atoms with E-state index in [0.29, 0.717) is 18.4 Å². The van der Waals surface area contributed by atoms with E-state index in [-0.39, 0.29) is 41.3 Å². The lowest BCUT2D eigenvalue weighted by Crippen LogP contribution is -2.41. The number of hydrogen-bond donors (Lipinski definition) is 1. The summed E-state index contributed by atoms with van der Waals surface area (Å²) in [5.41, 5.74) is 2.44. The Morgan fingerprint density at radius 3 is 2.35 bits per heavy atom. The lowest BCUT2D eigenvalue weighted by molar-refractivity contribution is -0.120. The highest BCUT2D eigenvalue weighted by atomic mass is 32.2. The molecule has 2 aromatic carbocycles. The zero-order valence-corrected chi connectivity index (χ0v) is 23.7. The van der Waals surface area contributed by atoms with Gasteiger partial charge in [-0.05, 0) is 81.0 Å². The third kappa shape index (κ3) is 6.13. The summed E-state index contributed by atoms with van der Waals surface area (Å²) in [7, 11) is -3.93. The summed E-state index contributed by atoms with van der Waals surface area (Å²) >= 11 is 0. The number of rotatable bonds is 7. The van der Waals surface area contributed by atoms with Gasteiger partial charge in [-0.15, -0.1) is 0 Å². The highest BCUT2D eigenvalue weighted by Gasteiger charge is 2.36. The zero-order valence-electron chi connectivity index (χ0n) is 22.8. The summed E-state index contributed by atoms with van der Waals surface area (Å²) in [4.78, 5) is 15.3. The molecule has 40 heavy (non-hydrogen) atoms. The van der Waals surface area contributed by atoms with Crippen LogP contribution in [0.15, 0.2) is 57.9 Å². The highest BCUT2D eigenvalue weighted by Crippen LogP contribution is 2.30. The van der Waals surface area contributed by atoms with Gasteiger partial charge in [-0.2, -0.15) is 4.31 Å². The molecule has 0 unspecified atom stereocenters. The van der Waals surface area contributed by atoms with Crippen LogP contribution in [0.3, 0.4) is 0 Å². The van der Waals surface area contributed by atoms with Crippen molar-refractivity contribution in [3.05, 3.63) is 71.4 Å². The van der Waals surface area contributed by atoms with Gasteiger partial charge in [-0.25, -0.2) is 12.8 Å². The number of piperidine rings is 2. The molecular weight excluding hydrogens is 531 g/mol. The van der Waals surface area contributed by atoms with E-state index >= 15 is 0 Å². The van der Waals surface area contributed by atoms with Crippen molar-refractivity contribution in [3.8, 4) is 0 Å². The Labute approximate surface area is 234 Å². The molecule has 1 N–H and O–H groups in total. The molecule has 0 bridgehead atoms. The maximum absolute atomic E-state index is 14.0. The number of hydrogen-bond acceptors (Lipinski definition) is 6. The number of sulfonamides is 1. The van der Waals surface area contributed by atoms with E-state index in [9.17, 15) is 17.6 Å². The van der Waals surface area contributed by atoms with Crippen LogP contribution in [-0.4, -0.2) is 50.0 Å². The van der Waals surface area contributed by atoms with Crippen molar-refractivity contribution in [2.45, 2.75) is 44.4 Å². The van der Waals surface area contributed by atoms with Gasteiger partial charge < -0.3 is 14.7 Å². The van der Waals surface area contributed by atoms with Gasteiger partial charge in [0.25, 0.3) is 0 Å². The average Bonchev–Trinajstić information content (AvgIpc) is 3.34. The molecule has 0 atom stereocenters. The topological polar surface area (TPSA) is 95.8 Å². The van der Waals surface area contributed by atoms with E-state index in [1.54, 1.807) is 25.1 Å². The molecule has 8 nitrogen and oxygen atoms in total. The highest BCUT2D eigenvalue weighted by molar-refractivity contribution is 7.89. The Balaban J connectivity index is 1.19. The van der Waals surface area contributed by atoms with Gasteiger partial charge in [0, 0.05) is 49.0 Å². The van der Waals surface area contributed by atoms with Gasteiger partial charge in [0.2, 0.25) is 15.9 Å². The van der Waals surface area contributed by atoms with E-state index in [1.807, 2.05) is 24.3 Å². The second-order valence-electron chi connectivity index (χ2n) is 10.7. The van der Waals surface area contributed by atoms with Crippen LogP contribution in [0.25, 0.3) is 12.2 Å². The molecule has 0 saturated carbocycles. The number of aromatic nitrogens is 1. The van der Waals surface area contributed by atoms with Crippen molar-refractivity contribution in [1.82, 2.24) is 9.46 Å². The molecule has 2 saturated heterocycles. The van der Waals surface area contributed by atoms with Crippen LogP contribution in [0.4, 0.5) is 15.8 Å². The molecule has 5 rings (SSSR count). The molecule has 1 amide bonds. The summed E-state index contributed by atoms with van der Waals surface area (Å²) in [6, 6.07) is 14.1. The number of anilines is 2. The molecule has 1 aromatic heterocycles. The minimum Gasteiger partial charge on any atom is -0.372 e. The van der Waals surface area contributed by atoms with Gasteiger partial charge in [0.05, 0.1) is 0 Å². The molecule has 2 fully saturated rings. The predicted molar refractivity (Wildman–Crippen MR) is 154 cm³/mol. The van der Waals surface area contributed by atoms with Gasteiger partial charge in [0.15, 0.2) is 10.7 Å². The van der Waals surface area contributed by atoms with Crippen LogP contribution in [0.2, 0.25) is 0 Å². The number of halogens is 1. The molecule has 2 aliphatic rings. The summed E-state index contributed by atoms with van der Waals surface area (Å²) < 4.78 is 47.7. The number of amides is 1. The summed E-state index contributed by atoms with van der Waals surface area (Å²) in [5.74, 6) is -0.0125. The van der Waals surface area contributed by atoms with Gasteiger partial charge in [-0.1, -0.05) is 30.3 Å². The summed E-state index contributed by atoms with van der Waals surface area (Å²) in [6.45, 7) is 6.35. The maximum atomic E-state index is 14.0. The standard InChI is InChI=1S/C30H35FN4O4S/c1-21-13-17-34(18-14-21)26-10-8-25(9-11-26)32-30(36)24-15-19-35(20-16-24)40(37,38)29-22(2)33-39-28(29)12-7-23-5-3-4-6-27(23)31/h3-12,21,24H,13-20H2,1-2H3,(H,32,36). The van der Waals surface area contributed by atoms with Gasteiger partial charge in [-0.3, -0.25) is 4.79 Å². The fourth-order valence-corrected chi connectivity index (χ4v) is 7.05. The van der Waals surface area contributed by atoms with E-state index in [0.717, 1.165) is 30.4 Å². The third-order valence-electron chi connectivity index (χ3n) is 7.86. The van der Waals surface area contributed by atoms with Crippen LogP contribution in [0.1, 0.15) is 49.6 Å². The molecule has 10 heteroatoms. The summed E-state index contributed by atoms with van der Waals surface area (Å²) in [5, 5.41) is 6.84. The molecule has 3 heterocycles. The largest absolute Gasteiger partial charge is 0.372 e. The van der Waals surface area contributed by atoms with Gasteiger partial charge >= 0.3 is 0 Å². The zero-order chi connectivity index (χ0) is 28.3. The molecule has 0 aliphatic carbocycles. The Bertz CT molecular complexity index is 1470. The second kappa shape index (κ2) is 11.9. The fourth-order valence-electron chi connectivity index (χ4n) is 5.33. The molecule has 0 spiro atoms. The SMILES string of the molecule is Cc1noc(C=Cc2ccccc2F)c1S(=O)(=O)N1CCC(C(=O)Nc2ccc(N3CCC(C)CC3)cc2)CC1. The maximum Gasteiger partial charge on any atom is 0.248 e. The van der Waals surface area contributed by atoms with E-state index in [2.05, 4.69) is 22.3 Å². The van der Waals surface area contributed by atoms with Crippen LogP contribution >= 0.6 is 0 Å². The van der Waals surface area contributed by atoms with E-state index < -0.39 is 15.8 Å². The quantitative estimate of drug-likeness (QED) is 0.402. The van der Waals surface area contributed by atoms with Crippen molar-refractivity contribution < 1.29 is 22.1 Å². The van der Waals surface area contributed by atoms with Crippen molar-refractivity contribution in [2.75, 3.05) is 36.4 Å². The third-order valence-corrected chi connectivity index (χ3v) is 9.92. The smallest absolute Gasteiger partial charge is 0.248 e. The first-order valence-electron chi connectivity index (χ1n) is 13.8. The normalized spacial score (nSPS) is 17.9. The number of benzene rings is 2. The second-order valence-corrected chi connectivity index (χ2v) is 12.6. The number of nitrogens with zero attached hydrogens (tertiary/aromatic N) is 3. The van der Waals surface area contributed by atoms with Gasteiger partial charge in [0.1, 0.15) is 11.5 Å². The Morgan fingerprint density at radius 1 is 1.00 bits per heavy atom. The molecule has 2 aliphatic heterocycles. The van der Waals surface area contributed by atoms with E-state index in [1.165, 1.54) is 35.4 Å². The van der Waals surface area contributed by atoms with E-state index in [4.69, 9.17) is 4.52 Å². The first kappa shape index (κ1) is 28.0. The minimum absolute atomic E-state index is 0.0359. The number of carbonyl (C=O) groups is 1. The lowest BCUT2D eigenvalue weighted by atomic mass is 9.97. The monoisotopic (exact) mass is 566 g/mol. The molecule has 0 radical (unpaired) electrons.